The van der Waals surface area contributed by atoms with Gasteiger partial charge in [-0.2, -0.15) is 0 Å². The van der Waals surface area contributed by atoms with Crippen LogP contribution in [0.4, 0.5) is 11.4 Å². The fourth-order valence-corrected chi connectivity index (χ4v) is 4.10. The summed E-state index contributed by atoms with van der Waals surface area (Å²) < 4.78 is 5.81. The van der Waals surface area contributed by atoms with E-state index in [2.05, 4.69) is 52.3 Å². The van der Waals surface area contributed by atoms with Crippen LogP contribution in [0, 0.1) is 5.41 Å². The Morgan fingerprint density at radius 2 is 1.73 bits per heavy atom. The smallest absolute Gasteiger partial charge is 0.121 e. The molecule has 0 unspecified atom stereocenters. The number of piperazine rings is 1. The van der Waals surface area contributed by atoms with Crippen molar-refractivity contribution in [2.24, 2.45) is 0 Å². The van der Waals surface area contributed by atoms with E-state index in [1.165, 1.54) is 22.7 Å². The predicted octanol–water partition coefficient (Wildman–Crippen LogP) is 4.40. The second kappa shape index (κ2) is 9.63. The number of hydrogen-bond donors (Lipinski definition) is 2. The van der Waals surface area contributed by atoms with Crippen LogP contribution in [0.25, 0.3) is 10.8 Å². The molecule has 30 heavy (non-hydrogen) atoms. The molecule has 5 heteroatoms. The van der Waals surface area contributed by atoms with Gasteiger partial charge in [0.05, 0.1) is 6.61 Å². The zero-order chi connectivity index (χ0) is 20.8. The van der Waals surface area contributed by atoms with Gasteiger partial charge in [0.2, 0.25) is 0 Å². The number of ether oxygens (including phenoxy) is 1. The third-order valence-corrected chi connectivity index (χ3v) is 5.83. The van der Waals surface area contributed by atoms with Crippen LogP contribution >= 0.6 is 0 Å². The number of hydrogen-bond acceptors (Lipinski definition) is 5. The molecule has 0 saturated carbocycles. The first-order chi connectivity index (χ1) is 14.7. The van der Waals surface area contributed by atoms with Crippen LogP contribution in [-0.2, 0) is 0 Å². The van der Waals surface area contributed by atoms with Crippen LogP contribution in [0.3, 0.4) is 0 Å². The Morgan fingerprint density at radius 1 is 0.933 bits per heavy atom. The zero-order valence-corrected chi connectivity index (χ0v) is 17.4. The van der Waals surface area contributed by atoms with Crippen LogP contribution in [0.1, 0.15) is 18.4 Å². The van der Waals surface area contributed by atoms with E-state index in [9.17, 15) is 0 Å². The maximum absolute atomic E-state index is 7.29. The molecular formula is C25H30N4O. The molecule has 0 radical (unpaired) electrons. The number of unbranched alkanes of at least 4 members (excludes halogenated alkanes) is 1. The molecule has 1 aliphatic heterocycles. The molecule has 1 aliphatic rings. The minimum atomic E-state index is 0.589. The summed E-state index contributed by atoms with van der Waals surface area (Å²) in [4.78, 5) is 5.07. The monoisotopic (exact) mass is 402 g/mol. The summed E-state index contributed by atoms with van der Waals surface area (Å²) in [5, 5.41) is 9.95. The van der Waals surface area contributed by atoms with Crippen LogP contribution in [-0.4, -0.2) is 50.4 Å². The Bertz CT molecular complexity index is 990. The molecule has 0 atom stereocenters. The highest BCUT2D eigenvalue weighted by Gasteiger charge is 2.18. The minimum absolute atomic E-state index is 0.589. The van der Waals surface area contributed by atoms with E-state index < -0.39 is 0 Å². The number of rotatable bonds is 8. The average Bonchev–Trinajstić information content (AvgIpc) is 2.79. The van der Waals surface area contributed by atoms with Crippen molar-refractivity contribution in [3.8, 4) is 5.75 Å². The van der Waals surface area contributed by atoms with E-state index in [1.807, 2.05) is 12.1 Å². The van der Waals surface area contributed by atoms with Crippen molar-refractivity contribution >= 4 is 28.4 Å². The van der Waals surface area contributed by atoms with Gasteiger partial charge in [-0.25, -0.2) is 0 Å². The fourth-order valence-electron chi connectivity index (χ4n) is 4.10. The molecule has 0 aromatic heterocycles. The Hall–Kier alpha value is -3.05. The van der Waals surface area contributed by atoms with Crippen molar-refractivity contribution in [1.82, 2.24) is 4.90 Å². The maximum atomic E-state index is 7.29. The van der Waals surface area contributed by atoms with E-state index in [0.29, 0.717) is 12.3 Å². The summed E-state index contributed by atoms with van der Waals surface area (Å²) in [5.74, 6) is 0.779. The van der Waals surface area contributed by atoms with Gasteiger partial charge >= 0.3 is 0 Å². The van der Waals surface area contributed by atoms with Crippen molar-refractivity contribution in [1.29, 1.82) is 5.41 Å². The summed E-state index contributed by atoms with van der Waals surface area (Å²) in [5.41, 5.74) is 8.57. The van der Waals surface area contributed by atoms with E-state index >= 15 is 0 Å². The van der Waals surface area contributed by atoms with Gasteiger partial charge in [0.15, 0.2) is 0 Å². The van der Waals surface area contributed by atoms with Crippen LogP contribution in [0.15, 0.2) is 60.7 Å². The maximum Gasteiger partial charge on any atom is 0.121 e. The number of fused-ring (bicyclic) bond motifs is 1. The van der Waals surface area contributed by atoms with Gasteiger partial charge in [-0.3, -0.25) is 4.90 Å². The fraction of sp³-hybridized carbons (Fsp3) is 0.320. The molecule has 3 aromatic rings. The first kappa shape index (κ1) is 20.2. The Morgan fingerprint density at radius 3 is 2.53 bits per heavy atom. The van der Waals surface area contributed by atoms with Gasteiger partial charge in [0, 0.05) is 60.8 Å². The summed E-state index contributed by atoms with van der Waals surface area (Å²) in [6.07, 6.45) is 3.41. The normalized spacial score (nSPS) is 14.7. The summed E-state index contributed by atoms with van der Waals surface area (Å²) in [6, 6.07) is 20.7. The lowest BCUT2D eigenvalue weighted by molar-refractivity contribution is 0.239. The van der Waals surface area contributed by atoms with Crippen LogP contribution in [0.5, 0.6) is 5.75 Å². The van der Waals surface area contributed by atoms with Gasteiger partial charge in [-0.05, 0) is 43.0 Å². The largest absolute Gasteiger partial charge is 0.494 e. The minimum Gasteiger partial charge on any atom is -0.494 e. The molecule has 3 aromatic carbocycles. The van der Waals surface area contributed by atoms with Gasteiger partial charge in [-0.1, -0.05) is 36.4 Å². The summed E-state index contributed by atoms with van der Waals surface area (Å²) in [7, 11) is 0. The molecule has 4 rings (SSSR count). The van der Waals surface area contributed by atoms with Crippen LogP contribution < -0.4 is 15.4 Å². The quantitative estimate of drug-likeness (QED) is 0.333. The average molecular weight is 403 g/mol. The molecule has 1 fully saturated rings. The number of nitrogen functional groups attached to an aromatic ring is 1. The summed E-state index contributed by atoms with van der Waals surface area (Å²) >= 11 is 0. The third kappa shape index (κ3) is 4.74. The first-order valence-corrected chi connectivity index (χ1v) is 10.7. The first-order valence-electron chi connectivity index (χ1n) is 10.7. The zero-order valence-electron chi connectivity index (χ0n) is 17.4. The van der Waals surface area contributed by atoms with Crippen molar-refractivity contribution in [3.05, 3.63) is 66.2 Å². The number of benzene rings is 3. The number of nitrogens with one attached hydrogen (secondary N) is 1. The van der Waals surface area contributed by atoms with Crippen molar-refractivity contribution in [2.75, 3.05) is 50.0 Å². The molecule has 0 amide bonds. The molecule has 1 heterocycles. The number of anilines is 2. The van der Waals surface area contributed by atoms with Crippen molar-refractivity contribution in [2.45, 2.75) is 12.8 Å². The lowest BCUT2D eigenvalue weighted by atomic mass is 10.1. The molecule has 1 saturated heterocycles. The number of nitrogens with two attached hydrogens (primary N) is 1. The van der Waals surface area contributed by atoms with Crippen LogP contribution in [0.2, 0.25) is 0 Å². The highest BCUT2D eigenvalue weighted by molar-refractivity contribution is 5.94. The van der Waals surface area contributed by atoms with Gasteiger partial charge in [-0.15, -0.1) is 0 Å². The van der Waals surface area contributed by atoms with Gasteiger partial charge in [0.1, 0.15) is 5.75 Å². The molecule has 5 nitrogen and oxygen atoms in total. The van der Waals surface area contributed by atoms with E-state index in [4.69, 9.17) is 15.9 Å². The van der Waals surface area contributed by atoms with E-state index in [-0.39, 0.29) is 0 Å². The second-order valence-corrected chi connectivity index (χ2v) is 7.82. The topological polar surface area (TPSA) is 65.6 Å². The second-order valence-electron chi connectivity index (χ2n) is 7.82. The van der Waals surface area contributed by atoms with E-state index in [0.717, 1.165) is 56.9 Å². The van der Waals surface area contributed by atoms with E-state index in [1.54, 1.807) is 6.07 Å². The Labute approximate surface area is 178 Å². The van der Waals surface area contributed by atoms with Gasteiger partial charge in [0.25, 0.3) is 0 Å². The molecule has 0 spiro atoms. The summed E-state index contributed by atoms with van der Waals surface area (Å²) in [6.45, 7) is 6.16. The lowest BCUT2D eigenvalue weighted by Gasteiger charge is -2.36. The molecule has 3 N–H and O–H groups in total. The SMILES string of the molecule is N=Cc1ccc(OCCCCN2CCN(c3cccc4ccccc34)CC2)cc1N. The molecule has 0 aliphatic carbocycles. The van der Waals surface area contributed by atoms with Crippen molar-refractivity contribution < 1.29 is 4.74 Å². The standard InChI is InChI=1S/C25H30N4O/c26-19-21-10-11-22(18-24(21)27)30-17-4-3-12-28-13-15-29(16-14-28)25-9-5-7-20-6-1-2-8-23(20)25/h1-2,5-11,18-19,26H,3-4,12-17,27H2. The molecule has 0 bridgehead atoms. The van der Waals surface area contributed by atoms with Crippen molar-refractivity contribution in [3.63, 3.8) is 0 Å². The molecule has 156 valence electrons. The Balaban J connectivity index is 1.19. The lowest BCUT2D eigenvalue weighted by Crippen LogP contribution is -2.46. The third-order valence-electron chi connectivity index (χ3n) is 5.83. The number of nitrogens with zero attached hydrogens (tertiary/aromatic N) is 2. The van der Waals surface area contributed by atoms with Gasteiger partial charge < -0.3 is 20.8 Å². The Kier molecular flexibility index (Phi) is 6.50. The predicted molar refractivity (Wildman–Crippen MR) is 126 cm³/mol. The highest BCUT2D eigenvalue weighted by Crippen LogP contribution is 2.27. The highest BCUT2D eigenvalue weighted by atomic mass is 16.5. The molecular weight excluding hydrogens is 372 g/mol.